The quantitative estimate of drug-likeness (QED) is 0.0570. The van der Waals surface area contributed by atoms with E-state index in [9.17, 15) is 14.4 Å². The standard InChI is InChI=1S/C41H60N2O10/c1-4-5-6-7-8-9-10-11-17-33-23-31-18-14-19-32(50-31)24-34(47-2)25-35-26-36(27-37(51-35)28-40(45)52-33)53-39(44)21-13-12-16-30-29-49-38(43-30)20-15-22-42-41(46)48-3/h1,13,15,20-21,29,31-37H,5-12,14,16-19,22-28H2,2-3H3,(H,42,46)/b20-15-,21-13-/t31-,32-,33-,34+,35+,36+,37+/m0/s1. The maximum atomic E-state index is 13.4. The number of aryl methyl sites for hydroxylation is 1. The highest BCUT2D eigenvalue weighted by Gasteiger charge is 2.37. The van der Waals surface area contributed by atoms with Crippen LogP contribution in [0.25, 0.3) is 6.08 Å². The molecule has 4 rings (SSSR count). The summed E-state index contributed by atoms with van der Waals surface area (Å²) < 4.78 is 41.0. The van der Waals surface area contributed by atoms with Crippen LogP contribution >= 0.6 is 0 Å². The van der Waals surface area contributed by atoms with Gasteiger partial charge in [0.1, 0.15) is 18.5 Å². The van der Waals surface area contributed by atoms with Crippen molar-refractivity contribution < 1.29 is 47.2 Å². The van der Waals surface area contributed by atoms with E-state index >= 15 is 0 Å². The number of cyclic esters (lactones) is 1. The number of ether oxygens (including phenoxy) is 6. The Balaban J connectivity index is 1.29. The number of hydrogen-bond donors (Lipinski definition) is 1. The van der Waals surface area contributed by atoms with Crippen LogP contribution < -0.4 is 5.32 Å². The Hall–Kier alpha value is -3.66. The number of nitrogens with one attached hydrogen (secondary N) is 1. The Labute approximate surface area is 315 Å². The van der Waals surface area contributed by atoms with E-state index < -0.39 is 24.3 Å². The van der Waals surface area contributed by atoms with Crippen LogP contribution in [0.2, 0.25) is 0 Å². The molecule has 1 aromatic heterocycles. The number of aromatic nitrogens is 1. The number of carbonyl (C=O) groups is 3. The number of oxazole rings is 1. The first-order valence-corrected chi connectivity index (χ1v) is 19.6. The smallest absolute Gasteiger partial charge is 0.407 e. The van der Waals surface area contributed by atoms with Crippen LogP contribution in [0.5, 0.6) is 0 Å². The summed E-state index contributed by atoms with van der Waals surface area (Å²) in [6.45, 7) is 0.285. The average Bonchev–Trinajstić information content (AvgIpc) is 3.59. The molecule has 0 aliphatic carbocycles. The number of nitrogens with zero attached hydrogens (tertiary/aromatic N) is 1. The Morgan fingerprint density at radius 1 is 0.943 bits per heavy atom. The Morgan fingerprint density at radius 3 is 2.45 bits per heavy atom. The van der Waals surface area contributed by atoms with Gasteiger partial charge in [-0.05, 0) is 70.3 Å². The van der Waals surface area contributed by atoms with Crippen LogP contribution in [-0.4, -0.2) is 86.5 Å². The molecule has 12 heteroatoms. The summed E-state index contributed by atoms with van der Waals surface area (Å²) in [4.78, 5) is 41.8. The lowest BCUT2D eigenvalue weighted by Crippen LogP contribution is -2.42. The fourth-order valence-corrected chi connectivity index (χ4v) is 7.40. The van der Waals surface area contributed by atoms with Gasteiger partial charge in [0.25, 0.3) is 0 Å². The molecule has 0 radical (unpaired) electrons. The number of hydrogen-bond acceptors (Lipinski definition) is 11. The van der Waals surface area contributed by atoms with E-state index in [0.29, 0.717) is 44.4 Å². The van der Waals surface area contributed by atoms with E-state index in [1.165, 1.54) is 19.6 Å². The van der Waals surface area contributed by atoms with Crippen molar-refractivity contribution in [1.29, 1.82) is 0 Å². The molecule has 53 heavy (non-hydrogen) atoms. The van der Waals surface area contributed by atoms with Crippen LogP contribution in [0.15, 0.2) is 28.9 Å². The van der Waals surface area contributed by atoms with Gasteiger partial charge in [-0.25, -0.2) is 14.6 Å². The van der Waals surface area contributed by atoms with Crippen LogP contribution in [0.1, 0.15) is 127 Å². The van der Waals surface area contributed by atoms with Crippen molar-refractivity contribution in [3.63, 3.8) is 0 Å². The van der Waals surface area contributed by atoms with E-state index in [4.69, 9.17) is 34.5 Å². The Kier molecular flexibility index (Phi) is 19.0. The van der Waals surface area contributed by atoms with Crippen molar-refractivity contribution in [2.45, 2.75) is 165 Å². The van der Waals surface area contributed by atoms with Crippen molar-refractivity contribution in [3.05, 3.63) is 36.1 Å². The fraction of sp³-hybridized carbons (Fsp3) is 0.707. The zero-order valence-electron chi connectivity index (χ0n) is 31.7. The van der Waals surface area contributed by atoms with Gasteiger partial charge in [-0.1, -0.05) is 37.8 Å². The zero-order valence-corrected chi connectivity index (χ0v) is 31.7. The minimum atomic E-state index is -0.517. The maximum Gasteiger partial charge on any atom is 0.407 e. The molecule has 1 amide bonds. The molecule has 0 saturated carbocycles. The second kappa shape index (κ2) is 23.9. The topological polar surface area (TPSA) is 145 Å². The normalized spacial score (nSPS) is 26.7. The molecular weight excluding hydrogens is 680 g/mol. The molecule has 3 aliphatic heterocycles. The van der Waals surface area contributed by atoms with Crippen LogP contribution in [0.4, 0.5) is 4.79 Å². The largest absolute Gasteiger partial charge is 0.462 e. The first kappa shape index (κ1) is 42.1. The van der Waals surface area contributed by atoms with Gasteiger partial charge >= 0.3 is 18.0 Å². The van der Waals surface area contributed by atoms with E-state index in [0.717, 1.165) is 76.3 Å². The number of alkyl carbamates (subject to hydrolysis) is 1. The maximum absolute atomic E-state index is 13.4. The van der Waals surface area contributed by atoms with E-state index in [1.54, 1.807) is 31.6 Å². The molecule has 3 fully saturated rings. The van der Waals surface area contributed by atoms with E-state index in [1.807, 2.05) is 0 Å². The number of unbranched alkanes of at least 4 members (excludes halogenated alkanes) is 6. The minimum Gasteiger partial charge on any atom is -0.462 e. The Morgan fingerprint density at radius 2 is 1.66 bits per heavy atom. The summed E-state index contributed by atoms with van der Waals surface area (Å²) >= 11 is 0. The van der Waals surface area contributed by atoms with Crippen molar-refractivity contribution >= 4 is 24.1 Å². The Bertz CT molecular complexity index is 1350. The predicted octanol–water partition coefficient (Wildman–Crippen LogP) is 7.18. The number of fused-ring (bicyclic) bond motifs is 4. The van der Waals surface area contributed by atoms with Crippen molar-refractivity contribution in [1.82, 2.24) is 10.3 Å². The number of rotatable bonds is 17. The van der Waals surface area contributed by atoms with Crippen molar-refractivity contribution in [2.75, 3.05) is 20.8 Å². The van der Waals surface area contributed by atoms with Gasteiger partial charge in [0, 0.05) is 45.4 Å². The molecule has 0 spiro atoms. The van der Waals surface area contributed by atoms with Gasteiger partial charge < -0.3 is 38.2 Å². The number of terminal acetylenes is 1. The molecule has 7 atom stereocenters. The molecule has 12 nitrogen and oxygen atoms in total. The lowest BCUT2D eigenvalue weighted by Gasteiger charge is -2.38. The lowest BCUT2D eigenvalue weighted by molar-refractivity contribution is -0.171. The molecule has 3 aliphatic rings. The minimum absolute atomic E-state index is 0.0714. The molecule has 294 valence electrons. The zero-order chi connectivity index (χ0) is 37.7. The molecule has 1 aromatic rings. The predicted molar refractivity (Wildman–Crippen MR) is 199 cm³/mol. The summed E-state index contributed by atoms with van der Waals surface area (Å²) in [5, 5.41) is 2.54. The van der Waals surface area contributed by atoms with Gasteiger partial charge in [0.15, 0.2) is 0 Å². The van der Waals surface area contributed by atoms with Gasteiger partial charge in [-0.2, -0.15) is 0 Å². The summed E-state index contributed by atoms with van der Waals surface area (Å²) in [5.74, 6) is 2.41. The average molecular weight is 741 g/mol. The molecule has 0 aromatic carbocycles. The fourth-order valence-electron chi connectivity index (χ4n) is 7.40. The highest BCUT2D eigenvalue weighted by atomic mass is 16.6. The third-order valence-corrected chi connectivity index (χ3v) is 10.1. The molecule has 3 saturated heterocycles. The van der Waals surface area contributed by atoms with Gasteiger partial charge in [0.05, 0.1) is 49.7 Å². The second-order valence-corrected chi connectivity index (χ2v) is 14.4. The van der Waals surface area contributed by atoms with Crippen molar-refractivity contribution in [3.8, 4) is 12.3 Å². The summed E-state index contributed by atoms with van der Waals surface area (Å²) in [7, 11) is 3.02. The third kappa shape index (κ3) is 16.5. The summed E-state index contributed by atoms with van der Waals surface area (Å²) in [6.07, 6.45) is 27.4. The third-order valence-electron chi connectivity index (χ3n) is 10.1. The molecule has 0 unspecified atom stereocenters. The van der Waals surface area contributed by atoms with E-state index in [2.05, 4.69) is 21.0 Å². The number of carbonyl (C=O) groups excluding carboxylic acids is 3. The number of amides is 1. The SMILES string of the molecule is C#CCCCCCCCC[C@H]1C[C@@H]2CCC[C@@H](C[C@@H](OC)C[C@@H]3C[C@@H](OC(=O)/C=C\CCc4coc(/C=C\CNC(=O)OC)n4)C[C@H](CC(=O)O1)O3)O2. The number of methoxy groups -OCH3 is 2. The monoisotopic (exact) mass is 740 g/mol. The molecule has 4 bridgehead atoms. The van der Waals surface area contributed by atoms with Gasteiger partial charge in [0.2, 0.25) is 5.89 Å². The van der Waals surface area contributed by atoms with Crippen LogP contribution in [0.3, 0.4) is 0 Å². The van der Waals surface area contributed by atoms with E-state index in [-0.39, 0.29) is 49.5 Å². The number of allylic oxidation sites excluding steroid dienone is 1. The number of esters is 2. The molecule has 1 N–H and O–H groups in total. The van der Waals surface area contributed by atoms with Crippen LogP contribution in [-0.2, 0) is 44.4 Å². The van der Waals surface area contributed by atoms with Gasteiger partial charge in [-0.3, -0.25) is 4.79 Å². The highest BCUT2D eigenvalue weighted by molar-refractivity contribution is 5.82. The lowest BCUT2D eigenvalue weighted by atomic mass is 9.91. The summed E-state index contributed by atoms with van der Waals surface area (Å²) in [6, 6.07) is 0. The second-order valence-electron chi connectivity index (χ2n) is 14.4. The molecular formula is C41H60N2O10. The van der Waals surface area contributed by atoms with Crippen LogP contribution in [0, 0.1) is 12.3 Å². The van der Waals surface area contributed by atoms with Crippen molar-refractivity contribution in [2.24, 2.45) is 0 Å². The first-order chi connectivity index (χ1) is 25.8. The first-order valence-electron chi connectivity index (χ1n) is 19.6. The summed E-state index contributed by atoms with van der Waals surface area (Å²) in [5.41, 5.74) is 0.737. The molecule has 4 heterocycles. The van der Waals surface area contributed by atoms with Gasteiger partial charge in [-0.15, -0.1) is 12.3 Å². The highest BCUT2D eigenvalue weighted by Crippen LogP contribution is 2.32.